The molecule has 0 aromatic heterocycles. The van der Waals surface area contributed by atoms with Gasteiger partial charge in [0, 0.05) is 11.4 Å². The molecule has 1 aromatic carbocycles. The Morgan fingerprint density at radius 3 is 2.67 bits per heavy atom. The lowest BCUT2D eigenvalue weighted by Gasteiger charge is -2.10. The van der Waals surface area contributed by atoms with Crippen molar-refractivity contribution in [1.82, 2.24) is 5.32 Å². The van der Waals surface area contributed by atoms with Crippen molar-refractivity contribution in [2.75, 3.05) is 5.32 Å². The normalized spacial score (nSPS) is 9.53. The number of carbonyl (C=O) groups is 1. The quantitative estimate of drug-likeness (QED) is 0.780. The second-order valence-corrected chi connectivity index (χ2v) is 4.38. The third-order valence-electron chi connectivity index (χ3n) is 1.66. The topological polar surface area (TPSA) is 41.1 Å². The maximum atomic E-state index is 10.7. The minimum absolute atomic E-state index is 0.185. The maximum absolute atomic E-state index is 10.7. The number of benzene rings is 1. The monoisotopic (exact) mass is 286 g/mol. The molecule has 0 saturated heterocycles. The predicted octanol–water partition coefficient (Wildman–Crippen LogP) is 2.59. The van der Waals surface area contributed by atoms with Crippen LogP contribution in [-0.2, 0) is 4.79 Å². The van der Waals surface area contributed by atoms with E-state index < -0.39 is 0 Å². The molecule has 3 nitrogen and oxygen atoms in total. The summed E-state index contributed by atoms with van der Waals surface area (Å²) >= 11 is 8.35. The van der Waals surface area contributed by atoms with Gasteiger partial charge in [0.2, 0.25) is 5.91 Å². The van der Waals surface area contributed by atoms with E-state index in [0.717, 1.165) is 15.7 Å². The van der Waals surface area contributed by atoms with Crippen LogP contribution in [0.25, 0.3) is 0 Å². The van der Waals surface area contributed by atoms with E-state index in [1.54, 1.807) is 0 Å². The molecule has 0 aliphatic carbocycles. The van der Waals surface area contributed by atoms with Gasteiger partial charge < -0.3 is 10.6 Å². The van der Waals surface area contributed by atoms with Gasteiger partial charge in [-0.3, -0.25) is 4.79 Å². The van der Waals surface area contributed by atoms with Crippen LogP contribution in [0.2, 0.25) is 0 Å². The summed E-state index contributed by atoms with van der Waals surface area (Å²) in [5.74, 6) is -0.185. The van der Waals surface area contributed by atoms with Crippen molar-refractivity contribution in [3.05, 3.63) is 28.2 Å². The largest absolute Gasteiger partial charge is 0.331 e. The van der Waals surface area contributed by atoms with Crippen molar-refractivity contribution in [1.29, 1.82) is 0 Å². The van der Waals surface area contributed by atoms with Gasteiger partial charge in [-0.05, 0) is 52.8 Å². The Morgan fingerprint density at radius 1 is 1.47 bits per heavy atom. The van der Waals surface area contributed by atoms with Crippen molar-refractivity contribution in [2.45, 2.75) is 13.8 Å². The zero-order chi connectivity index (χ0) is 11.4. The van der Waals surface area contributed by atoms with E-state index in [2.05, 4.69) is 26.6 Å². The summed E-state index contributed by atoms with van der Waals surface area (Å²) in [7, 11) is 0. The fourth-order valence-corrected chi connectivity index (χ4v) is 1.88. The zero-order valence-corrected chi connectivity index (χ0v) is 10.8. The third kappa shape index (κ3) is 3.97. The molecule has 0 heterocycles. The van der Waals surface area contributed by atoms with Crippen LogP contribution in [0.4, 0.5) is 5.69 Å². The molecule has 80 valence electrons. The van der Waals surface area contributed by atoms with Crippen LogP contribution in [0, 0.1) is 6.92 Å². The van der Waals surface area contributed by atoms with Crippen LogP contribution >= 0.6 is 28.1 Å². The van der Waals surface area contributed by atoms with E-state index in [4.69, 9.17) is 12.2 Å². The Labute approximate surface area is 102 Å². The summed E-state index contributed by atoms with van der Waals surface area (Å²) in [4.78, 5) is 10.7. The highest BCUT2D eigenvalue weighted by molar-refractivity contribution is 9.10. The first kappa shape index (κ1) is 12.1. The summed E-state index contributed by atoms with van der Waals surface area (Å²) in [6, 6.07) is 5.83. The SMILES string of the molecule is CC(=O)NC(=S)Nc1ccc(C)cc1Br. The minimum Gasteiger partial charge on any atom is -0.331 e. The van der Waals surface area contributed by atoms with Crippen LogP contribution in [0.5, 0.6) is 0 Å². The number of thiocarbonyl (C=S) groups is 1. The van der Waals surface area contributed by atoms with E-state index in [0.29, 0.717) is 5.11 Å². The average Bonchev–Trinajstić information content (AvgIpc) is 2.08. The molecule has 0 atom stereocenters. The Hall–Kier alpha value is -0.940. The summed E-state index contributed by atoms with van der Waals surface area (Å²) in [6.45, 7) is 3.42. The fraction of sp³-hybridized carbons (Fsp3) is 0.200. The molecule has 0 spiro atoms. The van der Waals surface area contributed by atoms with Crippen molar-refractivity contribution >= 4 is 44.9 Å². The minimum atomic E-state index is -0.185. The van der Waals surface area contributed by atoms with Crippen LogP contribution in [-0.4, -0.2) is 11.0 Å². The van der Waals surface area contributed by atoms with Gasteiger partial charge in [-0.1, -0.05) is 6.07 Å². The van der Waals surface area contributed by atoms with E-state index in [-0.39, 0.29) is 5.91 Å². The van der Waals surface area contributed by atoms with Crippen LogP contribution < -0.4 is 10.6 Å². The van der Waals surface area contributed by atoms with Gasteiger partial charge in [-0.15, -0.1) is 0 Å². The second-order valence-electron chi connectivity index (χ2n) is 3.12. The molecular formula is C10H11BrN2OS. The number of amides is 1. The molecule has 5 heteroatoms. The Kier molecular flexibility index (Phi) is 4.23. The molecule has 1 amide bonds. The average molecular weight is 287 g/mol. The van der Waals surface area contributed by atoms with Gasteiger partial charge in [-0.25, -0.2) is 0 Å². The van der Waals surface area contributed by atoms with Crippen LogP contribution in [0.1, 0.15) is 12.5 Å². The number of rotatable bonds is 1. The summed E-state index contributed by atoms with van der Waals surface area (Å²) < 4.78 is 0.912. The van der Waals surface area contributed by atoms with Gasteiger partial charge in [0.25, 0.3) is 0 Å². The summed E-state index contributed by atoms with van der Waals surface area (Å²) in [5, 5.41) is 5.71. The second kappa shape index (κ2) is 5.23. The molecule has 0 radical (unpaired) electrons. The van der Waals surface area contributed by atoms with Gasteiger partial charge in [0.1, 0.15) is 0 Å². The number of carbonyl (C=O) groups excluding carboxylic acids is 1. The number of aryl methyl sites for hydroxylation is 1. The first-order valence-corrected chi connectivity index (χ1v) is 5.54. The van der Waals surface area contributed by atoms with Crippen molar-refractivity contribution in [3.63, 3.8) is 0 Å². The van der Waals surface area contributed by atoms with Gasteiger partial charge in [-0.2, -0.15) is 0 Å². The number of anilines is 1. The molecule has 0 saturated carbocycles. The zero-order valence-electron chi connectivity index (χ0n) is 8.43. The number of hydrogen-bond donors (Lipinski definition) is 2. The lowest BCUT2D eigenvalue weighted by Crippen LogP contribution is -2.32. The lowest BCUT2D eigenvalue weighted by molar-refractivity contribution is -0.117. The number of halogens is 1. The Morgan fingerprint density at radius 2 is 2.13 bits per heavy atom. The number of hydrogen-bond acceptors (Lipinski definition) is 2. The molecule has 0 aliphatic heterocycles. The highest BCUT2D eigenvalue weighted by atomic mass is 79.9. The molecule has 1 rings (SSSR count). The van der Waals surface area contributed by atoms with Crippen LogP contribution in [0.15, 0.2) is 22.7 Å². The smallest absolute Gasteiger partial charge is 0.222 e. The van der Waals surface area contributed by atoms with Crippen molar-refractivity contribution < 1.29 is 4.79 Å². The van der Waals surface area contributed by atoms with E-state index in [1.165, 1.54) is 6.92 Å². The predicted molar refractivity (Wildman–Crippen MR) is 68.9 cm³/mol. The molecule has 0 fully saturated rings. The highest BCUT2D eigenvalue weighted by Gasteiger charge is 2.03. The van der Waals surface area contributed by atoms with E-state index in [1.807, 2.05) is 25.1 Å². The molecule has 15 heavy (non-hydrogen) atoms. The lowest BCUT2D eigenvalue weighted by atomic mass is 10.2. The Balaban J connectivity index is 2.72. The molecular weight excluding hydrogens is 276 g/mol. The number of nitrogens with one attached hydrogen (secondary N) is 2. The molecule has 0 unspecified atom stereocenters. The van der Waals surface area contributed by atoms with Crippen molar-refractivity contribution in [3.8, 4) is 0 Å². The first-order chi connectivity index (χ1) is 6.99. The van der Waals surface area contributed by atoms with E-state index in [9.17, 15) is 4.79 Å². The van der Waals surface area contributed by atoms with Gasteiger partial charge in [0.15, 0.2) is 5.11 Å². The Bertz CT molecular complexity index is 406. The molecule has 2 N–H and O–H groups in total. The molecule has 1 aromatic rings. The van der Waals surface area contributed by atoms with Crippen LogP contribution in [0.3, 0.4) is 0 Å². The van der Waals surface area contributed by atoms with Gasteiger partial charge in [0.05, 0.1) is 5.69 Å². The molecule has 0 bridgehead atoms. The third-order valence-corrected chi connectivity index (χ3v) is 2.52. The fourth-order valence-electron chi connectivity index (χ4n) is 1.03. The maximum Gasteiger partial charge on any atom is 0.222 e. The van der Waals surface area contributed by atoms with E-state index >= 15 is 0 Å². The molecule has 0 aliphatic rings. The highest BCUT2D eigenvalue weighted by Crippen LogP contribution is 2.23. The standard InChI is InChI=1S/C10H11BrN2OS/c1-6-3-4-9(8(11)5-6)13-10(15)12-7(2)14/h3-5H,1-2H3,(H2,12,13,14,15). The van der Waals surface area contributed by atoms with Gasteiger partial charge >= 0.3 is 0 Å². The summed E-state index contributed by atoms with van der Waals surface area (Å²) in [5.41, 5.74) is 1.98. The van der Waals surface area contributed by atoms with Crippen molar-refractivity contribution in [2.24, 2.45) is 0 Å². The summed E-state index contributed by atoms with van der Waals surface area (Å²) in [6.07, 6.45) is 0. The first-order valence-electron chi connectivity index (χ1n) is 4.34.